The molecular formula is C20H32FN5O2. The molecule has 0 bridgehead atoms. The molecule has 156 valence electrons. The van der Waals surface area contributed by atoms with Crippen LogP contribution >= 0.6 is 0 Å². The number of benzene rings is 1. The summed E-state index contributed by atoms with van der Waals surface area (Å²) >= 11 is 0. The summed E-state index contributed by atoms with van der Waals surface area (Å²) in [5.41, 5.74) is 7.17. The summed E-state index contributed by atoms with van der Waals surface area (Å²) in [5.74, 6) is 0.218. The molecule has 1 amide bonds. The van der Waals surface area contributed by atoms with E-state index in [1.165, 1.54) is 6.07 Å². The molecule has 0 atom stereocenters. The first kappa shape index (κ1) is 21.9. The number of hydrogen-bond donors (Lipinski definition) is 1. The van der Waals surface area contributed by atoms with E-state index < -0.39 is 5.60 Å². The number of halogens is 1. The molecule has 1 saturated heterocycles. The molecule has 1 aliphatic rings. The molecule has 2 rings (SSSR count). The Labute approximate surface area is 166 Å². The third-order valence-electron chi connectivity index (χ3n) is 4.28. The van der Waals surface area contributed by atoms with Crippen molar-refractivity contribution in [2.24, 2.45) is 10.7 Å². The number of amides is 1. The van der Waals surface area contributed by atoms with E-state index in [1.54, 1.807) is 11.0 Å². The molecule has 8 heteroatoms. The third kappa shape index (κ3) is 6.67. The van der Waals surface area contributed by atoms with Crippen molar-refractivity contribution in [3.63, 3.8) is 0 Å². The number of carbonyl (C=O) groups is 1. The van der Waals surface area contributed by atoms with E-state index in [-0.39, 0.29) is 11.9 Å². The number of guanidine groups is 1. The summed E-state index contributed by atoms with van der Waals surface area (Å²) in [4.78, 5) is 22.1. The average molecular weight is 394 g/mol. The summed E-state index contributed by atoms with van der Waals surface area (Å²) in [6.45, 7) is 8.75. The molecule has 0 spiro atoms. The number of rotatable bonds is 4. The van der Waals surface area contributed by atoms with E-state index in [0.717, 1.165) is 5.56 Å². The predicted molar refractivity (Wildman–Crippen MR) is 108 cm³/mol. The Bertz CT molecular complexity index is 707. The van der Waals surface area contributed by atoms with Crippen molar-refractivity contribution < 1.29 is 13.9 Å². The molecule has 1 fully saturated rings. The topological polar surface area (TPSA) is 74.4 Å². The molecule has 28 heavy (non-hydrogen) atoms. The van der Waals surface area contributed by atoms with Gasteiger partial charge in [0.2, 0.25) is 0 Å². The van der Waals surface area contributed by atoms with Crippen LogP contribution in [0.3, 0.4) is 0 Å². The first-order valence-corrected chi connectivity index (χ1v) is 9.50. The fourth-order valence-electron chi connectivity index (χ4n) is 2.91. The highest BCUT2D eigenvalue weighted by atomic mass is 19.1. The van der Waals surface area contributed by atoms with Crippen molar-refractivity contribution in [2.75, 3.05) is 40.3 Å². The van der Waals surface area contributed by atoms with Crippen molar-refractivity contribution in [1.29, 1.82) is 0 Å². The Kier molecular flexibility index (Phi) is 7.23. The summed E-state index contributed by atoms with van der Waals surface area (Å²) < 4.78 is 19.3. The molecule has 1 aliphatic heterocycles. The van der Waals surface area contributed by atoms with Crippen LogP contribution in [0.1, 0.15) is 31.9 Å². The molecule has 1 aromatic carbocycles. The Balaban J connectivity index is 1.90. The minimum absolute atomic E-state index is 0.215. The third-order valence-corrected chi connectivity index (χ3v) is 4.28. The van der Waals surface area contributed by atoms with E-state index in [9.17, 15) is 9.18 Å². The van der Waals surface area contributed by atoms with Crippen LogP contribution in [0.25, 0.3) is 0 Å². The van der Waals surface area contributed by atoms with Gasteiger partial charge in [0.15, 0.2) is 5.96 Å². The van der Waals surface area contributed by atoms with Crippen LogP contribution in [0.2, 0.25) is 0 Å². The lowest BCUT2D eigenvalue weighted by Gasteiger charge is -2.36. The van der Waals surface area contributed by atoms with Gasteiger partial charge >= 0.3 is 6.09 Å². The van der Waals surface area contributed by atoms with Crippen molar-refractivity contribution in [3.8, 4) is 0 Å². The average Bonchev–Trinajstić information content (AvgIpc) is 2.60. The zero-order chi connectivity index (χ0) is 20.9. The van der Waals surface area contributed by atoms with Crippen molar-refractivity contribution >= 4 is 12.1 Å². The van der Waals surface area contributed by atoms with Crippen LogP contribution in [-0.2, 0) is 17.8 Å². The second kappa shape index (κ2) is 9.23. The second-order valence-electron chi connectivity index (χ2n) is 8.29. The smallest absolute Gasteiger partial charge is 0.410 e. The monoisotopic (exact) mass is 393 g/mol. The Hall–Kier alpha value is -2.35. The first-order chi connectivity index (χ1) is 13.0. The van der Waals surface area contributed by atoms with E-state index in [4.69, 9.17) is 10.5 Å². The van der Waals surface area contributed by atoms with Crippen LogP contribution in [0.15, 0.2) is 23.2 Å². The van der Waals surface area contributed by atoms with Crippen LogP contribution in [0.4, 0.5) is 9.18 Å². The zero-order valence-electron chi connectivity index (χ0n) is 17.5. The molecule has 0 aliphatic carbocycles. The fraction of sp³-hybridized carbons (Fsp3) is 0.600. The maximum atomic E-state index is 13.9. The quantitative estimate of drug-likeness (QED) is 0.627. The van der Waals surface area contributed by atoms with Gasteiger partial charge in [0.25, 0.3) is 0 Å². The van der Waals surface area contributed by atoms with Gasteiger partial charge in [-0.25, -0.2) is 14.2 Å². The van der Waals surface area contributed by atoms with Crippen LogP contribution in [0, 0.1) is 5.82 Å². The molecule has 0 radical (unpaired) electrons. The molecule has 0 aromatic heterocycles. The zero-order valence-corrected chi connectivity index (χ0v) is 17.5. The maximum Gasteiger partial charge on any atom is 0.410 e. The van der Waals surface area contributed by atoms with Crippen molar-refractivity contribution in [1.82, 2.24) is 14.7 Å². The highest BCUT2D eigenvalue weighted by molar-refractivity contribution is 5.78. The summed E-state index contributed by atoms with van der Waals surface area (Å²) in [6.07, 6.45) is -0.303. The van der Waals surface area contributed by atoms with Crippen molar-refractivity contribution in [3.05, 3.63) is 35.1 Å². The molecule has 1 aromatic rings. The number of carbonyl (C=O) groups excluding carboxylic acids is 1. The van der Waals surface area contributed by atoms with Gasteiger partial charge in [-0.2, -0.15) is 0 Å². The summed E-state index contributed by atoms with van der Waals surface area (Å²) in [6, 6.07) is 5.03. The fourth-order valence-corrected chi connectivity index (χ4v) is 2.91. The van der Waals surface area contributed by atoms with Gasteiger partial charge in [-0.3, -0.25) is 0 Å². The van der Waals surface area contributed by atoms with Gasteiger partial charge in [-0.05, 0) is 52.6 Å². The van der Waals surface area contributed by atoms with Gasteiger partial charge in [-0.1, -0.05) is 6.07 Å². The minimum atomic E-state index is -0.505. The maximum absolute atomic E-state index is 13.9. The van der Waals surface area contributed by atoms with Crippen LogP contribution in [0.5, 0.6) is 0 Å². The van der Waals surface area contributed by atoms with Crippen LogP contribution < -0.4 is 5.73 Å². The summed E-state index contributed by atoms with van der Waals surface area (Å²) in [5, 5.41) is 0. The van der Waals surface area contributed by atoms with Gasteiger partial charge in [0.1, 0.15) is 11.4 Å². The highest BCUT2D eigenvalue weighted by Crippen LogP contribution is 2.14. The number of hydrogen-bond acceptors (Lipinski definition) is 4. The summed E-state index contributed by atoms with van der Waals surface area (Å²) in [7, 11) is 3.80. The minimum Gasteiger partial charge on any atom is -0.444 e. The molecule has 7 nitrogen and oxygen atoms in total. The van der Waals surface area contributed by atoms with Gasteiger partial charge in [0.05, 0.1) is 6.54 Å². The molecule has 2 N–H and O–H groups in total. The molecule has 0 saturated carbocycles. The Morgan fingerprint density at radius 1 is 1.21 bits per heavy atom. The van der Waals surface area contributed by atoms with E-state index in [1.807, 2.05) is 50.7 Å². The number of piperazine rings is 1. The van der Waals surface area contributed by atoms with E-state index >= 15 is 0 Å². The first-order valence-electron chi connectivity index (χ1n) is 9.50. The highest BCUT2D eigenvalue weighted by Gasteiger charge is 2.26. The molecule has 0 unspecified atom stereocenters. The lowest BCUT2D eigenvalue weighted by molar-refractivity contribution is 0.0186. The number of aliphatic imine (C=N–C) groups is 1. The lowest BCUT2D eigenvalue weighted by Crippen LogP contribution is -2.53. The number of ether oxygens (including phenoxy) is 1. The lowest BCUT2D eigenvalue weighted by atomic mass is 10.1. The van der Waals surface area contributed by atoms with Gasteiger partial charge < -0.3 is 25.2 Å². The number of nitrogens with two attached hydrogens (primary N) is 1. The molecular weight excluding hydrogens is 361 g/mol. The normalized spacial score (nSPS) is 15.9. The van der Waals surface area contributed by atoms with Crippen molar-refractivity contribution in [2.45, 2.75) is 39.5 Å². The number of nitrogens with zero attached hydrogens (tertiary/aromatic N) is 4. The Morgan fingerprint density at radius 3 is 2.39 bits per heavy atom. The SMILES string of the molecule is CN(C)Cc1cc(CN=C(N)N2CCN(C(=O)OC(C)(C)C)CC2)ccc1F. The van der Waals surface area contributed by atoms with Crippen LogP contribution in [-0.4, -0.2) is 72.6 Å². The largest absolute Gasteiger partial charge is 0.444 e. The van der Waals surface area contributed by atoms with Gasteiger partial charge in [0, 0.05) is 38.3 Å². The van der Waals surface area contributed by atoms with E-state index in [2.05, 4.69) is 4.99 Å². The van der Waals surface area contributed by atoms with E-state index in [0.29, 0.717) is 50.8 Å². The Morgan fingerprint density at radius 2 is 1.82 bits per heavy atom. The standard InChI is InChI=1S/C20H32FN5O2/c1-20(2,3)28-19(27)26-10-8-25(9-11-26)18(22)23-13-15-6-7-17(21)16(12-15)14-24(4)5/h6-7,12H,8-11,13-14H2,1-5H3,(H2,22,23). The predicted octanol–water partition coefficient (Wildman–Crippen LogP) is 2.25. The second-order valence-corrected chi connectivity index (χ2v) is 8.29. The molecule has 1 heterocycles. The van der Waals surface area contributed by atoms with Gasteiger partial charge in [-0.15, -0.1) is 0 Å².